The highest BCUT2D eigenvalue weighted by Crippen LogP contribution is 2.16. The van der Waals surface area contributed by atoms with E-state index in [4.69, 9.17) is 4.74 Å². The molecule has 0 saturated carbocycles. The summed E-state index contributed by atoms with van der Waals surface area (Å²) in [5, 5.41) is 3.01. The molecular formula is C19H29N2O3+. The van der Waals surface area contributed by atoms with Crippen molar-refractivity contribution in [3.8, 4) is 0 Å². The van der Waals surface area contributed by atoms with Crippen molar-refractivity contribution >= 4 is 17.6 Å². The molecule has 1 aromatic carbocycles. The van der Waals surface area contributed by atoms with Crippen LogP contribution in [0.3, 0.4) is 0 Å². The second-order valence-corrected chi connectivity index (χ2v) is 6.64. The van der Waals surface area contributed by atoms with E-state index in [1.807, 2.05) is 39.0 Å². The van der Waals surface area contributed by atoms with Crippen molar-refractivity contribution in [1.29, 1.82) is 0 Å². The standard InChI is InChI=1S/C19H28N2O3/c1-4-24-19(23)16-7-10-21(11-8-16)12-9-18(22)20-17-13-14(2)5-6-15(17)3/h5-6,13,16H,4,7-12H2,1-3H3,(H,20,22)/p+1. The zero-order valence-electron chi connectivity index (χ0n) is 15.0. The minimum atomic E-state index is -0.0655. The van der Waals surface area contributed by atoms with Gasteiger partial charge in [-0.3, -0.25) is 9.59 Å². The van der Waals surface area contributed by atoms with Crippen molar-refractivity contribution in [2.75, 3.05) is 31.6 Å². The molecule has 1 aliphatic rings. The van der Waals surface area contributed by atoms with Crippen molar-refractivity contribution in [1.82, 2.24) is 0 Å². The average Bonchev–Trinajstić information content (AvgIpc) is 2.57. The van der Waals surface area contributed by atoms with E-state index in [-0.39, 0.29) is 17.8 Å². The Morgan fingerprint density at radius 3 is 2.62 bits per heavy atom. The number of piperidine rings is 1. The molecule has 1 aromatic rings. The van der Waals surface area contributed by atoms with E-state index in [2.05, 4.69) is 5.32 Å². The van der Waals surface area contributed by atoms with Gasteiger partial charge in [0.15, 0.2) is 0 Å². The van der Waals surface area contributed by atoms with E-state index in [1.54, 1.807) is 0 Å². The number of aryl methyl sites for hydroxylation is 2. The van der Waals surface area contributed by atoms with Gasteiger partial charge in [0.05, 0.1) is 38.6 Å². The Morgan fingerprint density at radius 2 is 1.96 bits per heavy atom. The molecule has 0 spiro atoms. The van der Waals surface area contributed by atoms with Gasteiger partial charge < -0.3 is 15.0 Å². The van der Waals surface area contributed by atoms with Crippen LogP contribution in [0.5, 0.6) is 0 Å². The van der Waals surface area contributed by atoms with Crippen LogP contribution in [0, 0.1) is 19.8 Å². The number of hydrogen-bond acceptors (Lipinski definition) is 3. The van der Waals surface area contributed by atoms with E-state index in [9.17, 15) is 9.59 Å². The first kappa shape index (κ1) is 18.5. The summed E-state index contributed by atoms with van der Waals surface area (Å²) in [5.41, 5.74) is 3.12. The molecule has 0 atom stereocenters. The van der Waals surface area contributed by atoms with Crippen LogP contribution in [-0.4, -0.2) is 38.1 Å². The van der Waals surface area contributed by atoms with E-state index < -0.39 is 0 Å². The summed E-state index contributed by atoms with van der Waals surface area (Å²) >= 11 is 0. The smallest absolute Gasteiger partial charge is 0.309 e. The first-order chi connectivity index (χ1) is 11.5. The second kappa shape index (κ2) is 8.83. The number of carbonyl (C=O) groups is 2. The number of anilines is 1. The maximum Gasteiger partial charge on any atom is 0.309 e. The molecule has 0 unspecified atom stereocenters. The molecule has 5 nitrogen and oxygen atoms in total. The largest absolute Gasteiger partial charge is 0.466 e. The van der Waals surface area contributed by atoms with Gasteiger partial charge in [0.1, 0.15) is 0 Å². The van der Waals surface area contributed by atoms with E-state index in [0.29, 0.717) is 13.0 Å². The van der Waals surface area contributed by atoms with Crippen LogP contribution in [0.25, 0.3) is 0 Å². The van der Waals surface area contributed by atoms with Gasteiger partial charge in [-0.2, -0.15) is 0 Å². The third-order valence-corrected chi connectivity index (χ3v) is 4.69. The van der Waals surface area contributed by atoms with E-state index in [0.717, 1.165) is 49.3 Å². The quantitative estimate of drug-likeness (QED) is 0.776. The Balaban J connectivity index is 1.73. The number of ether oxygens (including phenoxy) is 1. The monoisotopic (exact) mass is 333 g/mol. The van der Waals surface area contributed by atoms with Crippen LogP contribution >= 0.6 is 0 Å². The molecule has 1 heterocycles. The number of hydrogen-bond donors (Lipinski definition) is 2. The van der Waals surface area contributed by atoms with Crippen molar-refractivity contribution < 1.29 is 19.2 Å². The molecule has 0 bridgehead atoms. The number of amides is 1. The van der Waals surface area contributed by atoms with Crippen LogP contribution in [0.1, 0.15) is 37.3 Å². The van der Waals surface area contributed by atoms with E-state index in [1.165, 1.54) is 4.90 Å². The van der Waals surface area contributed by atoms with Crippen LogP contribution in [0.4, 0.5) is 5.69 Å². The molecule has 0 radical (unpaired) electrons. The zero-order valence-corrected chi connectivity index (χ0v) is 15.0. The molecule has 1 fully saturated rings. The maximum atomic E-state index is 12.2. The molecule has 24 heavy (non-hydrogen) atoms. The summed E-state index contributed by atoms with van der Waals surface area (Å²) < 4.78 is 5.09. The molecule has 2 N–H and O–H groups in total. The Labute approximate surface area is 144 Å². The SMILES string of the molecule is CCOC(=O)C1CC[NH+](CCC(=O)Nc2cc(C)ccc2C)CC1. The summed E-state index contributed by atoms with van der Waals surface area (Å²) in [7, 11) is 0. The molecule has 0 aromatic heterocycles. The highest BCUT2D eigenvalue weighted by Gasteiger charge is 2.28. The first-order valence-electron chi connectivity index (χ1n) is 8.87. The van der Waals surface area contributed by atoms with Crippen LogP contribution < -0.4 is 10.2 Å². The number of benzene rings is 1. The second-order valence-electron chi connectivity index (χ2n) is 6.64. The highest BCUT2D eigenvalue weighted by molar-refractivity contribution is 5.91. The fourth-order valence-electron chi connectivity index (χ4n) is 3.15. The number of nitrogens with one attached hydrogen (secondary N) is 2. The number of carbonyl (C=O) groups excluding carboxylic acids is 2. The fraction of sp³-hybridized carbons (Fsp3) is 0.579. The Kier molecular flexibility index (Phi) is 6.79. The Bertz CT molecular complexity index is 578. The third-order valence-electron chi connectivity index (χ3n) is 4.69. The van der Waals surface area contributed by atoms with Gasteiger partial charge in [-0.05, 0) is 38.0 Å². The normalized spacial score (nSPS) is 20.5. The Hall–Kier alpha value is -1.88. The van der Waals surface area contributed by atoms with Gasteiger partial charge in [-0.1, -0.05) is 12.1 Å². The van der Waals surface area contributed by atoms with E-state index >= 15 is 0 Å². The van der Waals surface area contributed by atoms with Gasteiger partial charge in [0.25, 0.3) is 0 Å². The number of rotatable bonds is 6. The molecule has 1 aliphatic heterocycles. The lowest BCUT2D eigenvalue weighted by molar-refractivity contribution is -0.905. The molecule has 1 saturated heterocycles. The summed E-state index contributed by atoms with van der Waals surface area (Å²) in [6.07, 6.45) is 2.21. The topological polar surface area (TPSA) is 59.8 Å². The van der Waals surface area contributed by atoms with Gasteiger partial charge in [0, 0.05) is 18.5 Å². The van der Waals surface area contributed by atoms with Crippen LogP contribution in [-0.2, 0) is 14.3 Å². The van der Waals surface area contributed by atoms with Crippen LogP contribution in [0.15, 0.2) is 18.2 Å². The number of quaternary nitrogens is 1. The molecule has 2 rings (SSSR count). The summed E-state index contributed by atoms with van der Waals surface area (Å²) in [6.45, 7) is 8.98. The predicted octanol–water partition coefficient (Wildman–Crippen LogP) is 1.49. The molecule has 1 amide bonds. The molecule has 5 heteroatoms. The maximum absolute atomic E-state index is 12.2. The number of likely N-dealkylation sites (tertiary alicyclic amines) is 1. The van der Waals surface area contributed by atoms with Crippen molar-refractivity contribution in [3.05, 3.63) is 29.3 Å². The van der Waals surface area contributed by atoms with Gasteiger partial charge in [-0.25, -0.2) is 0 Å². The third kappa shape index (κ3) is 5.34. The number of esters is 1. The summed E-state index contributed by atoms with van der Waals surface area (Å²) in [6, 6.07) is 6.07. The lowest BCUT2D eigenvalue weighted by Crippen LogP contribution is -3.13. The lowest BCUT2D eigenvalue weighted by Gasteiger charge is -2.27. The zero-order chi connectivity index (χ0) is 17.5. The van der Waals surface area contributed by atoms with Crippen molar-refractivity contribution in [2.45, 2.75) is 40.0 Å². The fourth-order valence-corrected chi connectivity index (χ4v) is 3.15. The van der Waals surface area contributed by atoms with Crippen molar-refractivity contribution in [3.63, 3.8) is 0 Å². The summed E-state index contributed by atoms with van der Waals surface area (Å²) in [4.78, 5) is 25.3. The molecule has 0 aliphatic carbocycles. The summed E-state index contributed by atoms with van der Waals surface area (Å²) in [5.74, 6) is 0.0328. The van der Waals surface area contributed by atoms with Crippen LogP contribution in [0.2, 0.25) is 0 Å². The first-order valence-corrected chi connectivity index (χ1v) is 8.87. The lowest BCUT2D eigenvalue weighted by atomic mass is 9.97. The predicted molar refractivity (Wildman–Crippen MR) is 94.1 cm³/mol. The Morgan fingerprint density at radius 1 is 1.25 bits per heavy atom. The minimum Gasteiger partial charge on any atom is -0.466 e. The molecule has 132 valence electrons. The van der Waals surface area contributed by atoms with Gasteiger partial charge >= 0.3 is 5.97 Å². The van der Waals surface area contributed by atoms with Gasteiger partial charge in [-0.15, -0.1) is 0 Å². The highest BCUT2D eigenvalue weighted by atomic mass is 16.5. The average molecular weight is 333 g/mol. The minimum absolute atomic E-state index is 0.0393. The van der Waals surface area contributed by atoms with Crippen molar-refractivity contribution in [2.24, 2.45) is 5.92 Å². The molecular weight excluding hydrogens is 304 g/mol. The van der Waals surface area contributed by atoms with Gasteiger partial charge in [0.2, 0.25) is 5.91 Å².